The number of benzene rings is 1. The lowest BCUT2D eigenvalue weighted by atomic mass is 9.98. The van der Waals surface area contributed by atoms with Crippen LogP contribution in [0.4, 0.5) is 17.1 Å². The lowest BCUT2D eigenvalue weighted by Gasteiger charge is -2.35. The number of anilines is 3. The van der Waals surface area contributed by atoms with E-state index in [0.717, 1.165) is 75.2 Å². The van der Waals surface area contributed by atoms with Crippen LogP contribution in [-0.4, -0.2) is 45.3 Å². The molecule has 2 fully saturated rings. The van der Waals surface area contributed by atoms with E-state index in [9.17, 15) is 4.79 Å². The summed E-state index contributed by atoms with van der Waals surface area (Å²) < 4.78 is 10.7. The van der Waals surface area contributed by atoms with Crippen LogP contribution in [0.3, 0.4) is 0 Å². The van der Waals surface area contributed by atoms with Crippen molar-refractivity contribution in [2.75, 3.05) is 54.5 Å². The number of amides is 1. The molecule has 1 aromatic heterocycles. The van der Waals surface area contributed by atoms with Crippen LogP contribution < -0.4 is 15.1 Å². The van der Waals surface area contributed by atoms with E-state index in [-0.39, 0.29) is 17.4 Å². The first-order valence-corrected chi connectivity index (χ1v) is 10.2. The molecule has 0 spiro atoms. The summed E-state index contributed by atoms with van der Waals surface area (Å²) in [7, 11) is 0. The molecule has 1 aromatic carbocycles. The minimum absolute atomic E-state index is 0.128. The molecule has 3 heterocycles. The Morgan fingerprint density at radius 1 is 1.10 bits per heavy atom. The maximum atomic E-state index is 12.7. The Kier molecular flexibility index (Phi) is 5.72. The molecular weight excluding hydrogens is 368 g/mol. The molecule has 0 radical (unpaired) electrons. The molecular formula is C22H26N4O3. The van der Waals surface area contributed by atoms with Gasteiger partial charge in [0.05, 0.1) is 24.6 Å². The van der Waals surface area contributed by atoms with Crippen molar-refractivity contribution in [1.82, 2.24) is 0 Å². The summed E-state index contributed by atoms with van der Waals surface area (Å²) in [5.74, 6) is 0.636. The molecule has 0 bridgehead atoms. The molecule has 2 saturated heterocycles. The van der Waals surface area contributed by atoms with Crippen molar-refractivity contribution in [2.24, 2.45) is 5.92 Å². The van der Waals surface area contributed by atoms with E-state index in [4.69, 9.17) is 14.4 Å². The van der Waals surface area contributed by atoms with Gasteiger partial charge in [-0.25, -0.2) is 0 Å². The summed E-state index contributed by atoms with van der Waals surface area (Å²) in [6.45, 7) is 7.42. The van der Waals surface area contributed by atoms with Crippen molar-refractivity contribution < 1.29 is 13.9 Å². The van der Waals surface area contributed by atoms with Crippen LogP contribution in [0.25, 0.3) is 0 Å². The number of rotatable bonds is 4. The molecule has 7 nitrogen and oxygen atoms in total. The highest BCUT2D eigenvalue weighted by Crippen LogP contribution is 2.34. The van der Waals surface area contributed by atoms with Crippen LogP contribution in [0.1, 0.15) is 36.1 Å². The smallest absolute Gasteiger partial charge is 0.291 e. The average Bonchev–Trinajstić information content (AvgIpc) is 3.25. The summed E-state index contributed by atoms with van der Waals surface area (Å²) in [6.07, 6.45) is 2.28. The Labute approximate surface area is 170 Å². The first-order chi connectivity index (χ1) is 14.1. The molecule has 1 amide bonds. The van der Waals surface area contributed by atoms with Crippen LogP contribution in [0, 0.1) is 17.2 Å². The fraction of sp³-hybridized carbons (Fsp3) is 0.455. The second-order valence-electron chi connectivity index (χ2n) is 7.70. The van der Waals surface area contributed by atoms with Gasteiger partial charge in [-0.2, -0.15) is 5.26 Å². The predicted octanol–water partition coefficient (Wildman–Crippen LogP) is 3.48. The van der Waals surface area contributed by atoms with Crippen molar-refractivity contribution in [3.05, 3.63) is 41.9 Å². The summed E-state index contributed by atoms with van der Waals surface area (Å²) >= 11 is 0. The van der Waals surface area contributed by atoms with Gasteiger partial charge >= 0.3 is 0 Å². The Bertz CT molecular complexity index is 903. The summed E-state index contributed by atoms with van der Waals surface area (Å²) in [6, 6.07) is 11.1. The SMILES string of the molecule is CC1CCN(c2cc(N3CCOCC3)ccc2NC(=O)c2ccc(C#N)o2)CC1. The Morgan fingerprint density at radius 2 is 1.86 bits per heavy atom. The number of piperidine rings is 1. The van der Waals surface area contributed by atoms with E-state index in [1.165, 1.54) is 12.1 Å². The predicted molar refractivity (Wildman–Crippen MR) is 111 cm³/mol. The highest BCUT2D eigenvalue weighted by molar-refractivity contribution is 6.04. The van der Waals surface area contributed by atoms with Gasteiger partial charge in [-0.1, -0.05) is 6.92 Å². The number of ether oxygens (including phenoxy) is 1. The number of carbonyl (C=O) groups is 1. The van der Waals surface area contributed by atoms with Crippen LogP contribution in [0.15, 0.2) is 34.7 Å². The average molecular weight is 394 g/mol. The van der Waals surface area contributed by atoms with Gasteiger partial charge < -0.3 is 24.3 Å². The van der Waals surface area contributed by atoms with Gasteiger partial charge in [0.25, 0.3) is 5.91 Å². The largest absolute Gasteiger partial charge is 0.440 e. The maximum Gasteiger partial charge on any atom is 0.291 e. The third kappa shape index (κ3) is 4.38. The zero-order valence-electron chi connectivity index (χ0n) is 16.7. The number of nitriles is 1. The molecule has 0 saturated carbocycles. The lowest BCUT2D eigenvalue weighted by molar-refractivity contribution is 0.0996. The molecule has 0 atom stereocenters. The second kappa shape index (κ2) is 8.58. The van der Waals surface area contributed by atoms with Gasteiger partial charge in [-0.15, -0.1) is 0 Å². The maximum absolute atomic E-state index is 12.7. The van der Waals surface area contributed by atoms with E-state index in [1.807, 2.05) is 18.2 Å². The van der Waals surface area contributed by atoms with Gasteiger partial charge in [0.15, 0.2) is 5.76 Å². The Morgan fingerprint density at radius 3 is 2.55 bits per heavy atom. The number of morpholine rings is 1. The number of furan rings is 1. The highest BCUT2D eigenvalue weighted by atomic mass is 16.5. The van der Waals surface area contributed by atoms with Crippen LogP contribution in [-0.2, 0) is 4.74 Å². The molecule has 29 heavy (non-hydrogen) atoms. The van der Waals surface area contributed by atoms with Crippen molar-refractivity contribution in [1.29, 1.82) is 5.26 Å². The number of nitrogens with one attached hydrogen (secondary N) is 1. The number of hydrogen-bond donors (Lipinski definition) is 1. The van der Waals surface area contributed by atoms with Crippen molar-refractivity contribution >= 4 is 23.0 Å². The van der Waals surface area contributed by atoms with Crippen molar-refractivity contribution in [3.8, 4) is 6.07 Å². The first kappa shape index (κ1) is 19.3. The molecule has 0 unspecified atom stereocenters. The third-order valence-corrected chi connectivity index (χ3v) is 5.67. The normalized spacial score (nSPS) is 17.8. The zero-order chi connectivity index (χ0) is 20.2. The fourth-order valence-corrected chi connectivity index (χ4v) is 3.86. The van der Waals surface area contributed by atoms with Gasteiger partial charge in [0.2, 0.25) is 5.76 Å². The molecule has 2 aliphatic rings. The molecule has 4 rings (SSSR count). The van der Waals surface area contributed by atoms with Crippen LogP contribution >= 0.6 is 0 Å². The highest BCUT2D eigenvalue weighted by Gasteiger charge is 2.22. The fourth-order valence-electron chi connectivity index (χ4n) is 3.86. The zero-order valence-corrected chi connectivity index (χ0v) is 16.7. The Hall–Kier alpha value is -2.98. The van der Waals surface area contributed by atoms with Crippen LogP contribution in [0.2, 0.25) is 0 Å². The van der Waals surface area contributed by atoms with Crippen LogP contribution in [0.5, 0.6) is 0 Å². The number of nitrogens with zero attached hydrogens (tertiary/aromatic N) is 3. The summed E-state index contributed by atoms with van der Waals surface area (Å²) in [4.78, 5) is 17.3. The van der Waals surface area contributed by atoms with Gasteiger partial charge in [-0.3, -0.25) is 4.79 Å². The van der Waals surface area contributed by atoms with Gasteiger partial charge in [0, 0.05) is 31.9 Å². The molecule has 1 N–H and O–H groups in total. The molecule has 7 heteroatoms. The van der Waals surface area contributed by atoms with E-state index < -0.39 is 0 Å². The summed E-state index contributed by atoms with van der Waals surface area (Å²) in [5.41, 5.74) is 2.93. The number of hydrogen-bond acceptors (Lipinski definition) is 6. The Balaban J connectivity index is 1.60. The van der Waals surface area contributed by atoms with Gasteiger partial charge in [0.1, 0.15) is 6.07 Å². The molecule has 2 aliphatic heterocycles. The van der Waals surface area contributed by atoms with E-state index in [0.29, 0.717) is 0 Å². The van der Waals surface area contributed by atoms with E-state index >= 15 is 0 Å². The second-order valence-corrected chi connectivity index (χ2v) is 7.70. The van der Waals surface area contributed by atoms with E-state index in [2.05, 4.69) is 28.1 Å². The molecule has 152 valence electrons. The molecule has 2 aromatic rings. The minimum atomic E-state index is -0.350. The number of carbonyl (C=O) groups excluding carboxylic acids is 1. The topological polar surface area (TPSA) is 81.7 Å². The minimum Gasteiger partial charge on any atom is -0.440 e. The summed E-state index contributed by atoms with van der Waals surface area (Å²) in [5, 5.41) is 11.9. The first-order valence-electron chi connectivity index (χ1n) is 10.2. The van der Waals surface area contributed by atoms with Crippen molar-refractivity contribution in [3.63, 3.8) is 0 Å². The van der Waals surface area contributed by atoms with E-state index in [1.54, 1.807) is 0 Å². The lowest BCUT2D eigenvalue weighted by Crippen LogP contribution is -2.37. The third-order valence-electron chi connectivity index (χ3n) is 5.67. The monoisotopic (exact) mass is 394 g/mol. The standard InChI is InChI=1S/C22H26N4O3/c1-16-6-8-26(9-7-16)20-14-17(25-10-12-28-13-11-25)2-4-19(20)24-22(27)21-5-3-18(15-23)29-21/h2-5,14,16H,6-13H2,1H3,(H,24,27). The molecule has 0 aliphatic carbocycles. The van der Waals surface area contributed by atoms with Crippen molar-refractivity contribution in [2.45, 2.75) is 19.8 Å². The van der Waals surface area contributed by atoms with Gasteiger partial charge in [-0.05, 0) is 49.1 Å². The quantitative estimate of drug-likeness (QED) is 0.855.